The lowest BCUT2D eigenvalue weighted by molar-refractivity contribution is 0.0438. The van der Waals surface area contributed by atoms with Crippen LogP contribution in [0.5, 0.6) is 0 Å². The number of pyridine rings is 1. The van der Waals surface area contributed by atoms with Crippen molar-refractivity contribution in [3.05, 3.63) is 29.6 Å². The zero-order valence-corrected chi connectivity index (χ0v) is 13.0. The number of likely N-dealkylation sites (tertiary alicyclic amines) is 1. The van der Waals surface area contributed by atoms with E-state index in [1.54, 1.807) is 29.0 Å². The minimum Gasteiger partial charge on any atom is -0.441 e. The Hall–Kier alpha value is -2.62. The molecule has 7 nitrogen and oxygen atoms in total. The summed E-state index contributed by atoms with van der Waals surface area (Å²) < 4.78 is 5.55. The zero-order chi connectivity index (χ0) is 16.4. The molecular weight excluding hydrogens is 296 g/mol. The molecule has 120 valence electrons. The van der Waals surface area contributed by atoms with Gasteiger partial charge < -0.3 is 14.5 Å². The number of carbonyl (C=O) groups is 2. The molecule has 1 spiro atoms. The van der Waals surface area contributed by atoms with Crippen LogP contribution < -0.4 is 0 Å². The Bertz CT molecular complexity index is 667. The summed E-state index contributed by atoms with van der Waals surface area (Å²) in [5.41, 5.74) is 0.293. The highest BCUT2D eigenvalue weighted by atomic mass is 16.6. The van der Waals surface area contributed by atoms with Gasteiger partial charge in [0.05, 0.1) is 12.1 Å². The van der Waals surface area contributed by atoms with Gasteiger partial charge in [-0.05, 0) is 25.0 Å². The van der Waals surface area contributed by atoms with Crippen LogP contribution in [-0.4, -0.2) is 59.1 Å². The lowest BCUT2D eigenvalue weighted by Gasteiger charge is -2.25. The average molecular weight is 314 g/mol. The normalized spacial score (nSPS) is 24.3. The molecule has 23 heavy (non-hydrogen) atoms. The SMILES string of the molecule is CN1C[C@]2(CCCN(C(=O)c3ccc(C#N)nc3)CC2)OC1=O. The van der Waals surface area contributed by atoms with Crippen molar-refractivity contribution in [3.8, 4) is 6.07 Å². The smallest absolute Gasteiger partial charge is 0.410 e. The number of amides is 2. The molecule has 1 aromatic rings. The van der Waals surface area contributed by atoms with Gasteiger partial charge in [0.25, 0.3) is 5.91 Å². The number of rotatable bonds is 1. The fourth-order valence-corrected chi connectivity index (χ4v) is 3.19. The molecule has 0 aliphatic carbocycles. The molecule has 2 amide bonds. The summed E-state index contributed by atoms with van der Waals surface area (Å²) in [7, 11) is 1.73. The van der Waals surface area contributed by atoms with Crippen LogP contribution in [0.4, 0.5) is 4.79 Å². The van der Waals surface area contributed by atoms with E-state index in [2.05, 4.69) is 4.98 Å². The Labute approximate surface area is 134 Å². The standard InChI is InChI=1S/C16H18N4O3/c1-19-11-16(23-15(19)22)5-2-7-20(8-6-16)14(21)12-3-4-13(9-17)18-10-12/h3-4,10H,2,5-8,11H2,1H3/t16-/m1/s1. The number of hydrogen-bond donors (Lipinski definition) is 0. The Balaban J connectivity index is 1.69. The predicted molar refractivity (Wildman–Crippen MR) is 80.5 cm³/mol. The summed E-state index contributed by atoms with van der Waals surface area (Å²) >= 11 is 0. The van der Waals surface area contributed by atoms with Gasteiger partial charge in [0.15, 0.2) is 0 Å². The van der Waals surface area contributed by atoms with Gasteiger partial charge in [0.1, 0.15) is 17.4 Å². The van der Waals surface area contributed by atoms with E-state index in [4.69, 9.17) is 10.00 Å². The molecule has 0 saturated carbocycles. The maximum Gasteiger partial charge on any atom is 0.410 e. The molecule has 0 radical (unpaired) electrons. The Morgan fingerprint density at radius 2 is 2.22 bits per heavy atom. The van der Waals surface area contributed by atoms with Crippen LogP contribution in [0.3, 0.4) is 0 Å². The topological polar surface area (TPSA) is 86.5 Å². The van der Waals surface area contributed by atoms with Crippen molar-refractivity contribution in [2.75, 3.05) is 26.7 Å². The number of hydrogen-bond acceptors (Lipinski definition) is 5. The largest absolute Gasteiger partial charge is 0.441 e. The van der Waals surface area contributed by atoms with Gasteiger partial charge in [-0.2, -0.15) is 5.26 Å². The summed E-state index contributed by atoms with van der Waals surface area (Å²) in [5.74, 6) is -0.100. The quantitative estimate of drug-likeness (QED) is 0.782. The van der Waals surface area contributed by atoms with Crippen molar-refractivity contribution in [2.24, 2.45) is 0 Å². The molecule has 1 atom stereocenters. The summed E-state index contributed by atoms with van der Waals surface area (Å²) in [6.07, 6.45) is 3.33. The number of carbonyl (C=O) groups excluding carboxylic acids is 2. The minimum atomic E-state index is -0.468. The van der Waals surface area contributed by atoms with Gasteiger partial charge in [-0.1, -0.05) is 0 Å². The Morgan fingerprint density at radius 3 is 2.83 bits per heavy atom. The predicted octanol–water partition coefficient (Wildman–Crippen LogP) is 1.40. The third-order valence-electron chi connectivity index (χ3n) is 4.45. The van der Waals surface area contributed by atoms with E-state index < -0.39 is 5.60 Å². The molecule has 0 N–H and O–H groups in total. The fourth-order valence-electron chi connectivity index (χ4n) is 3.19. The van der Waals surface area contributed by atoms with Gasteiger partial charge in [-0.25, -0.2) is 9.78 Å². The van der Waals surface area contributed by atoms with E-state index in [0.717, 1.165) is 12.8 Å². The third-order valence-corrected chi connectivity index (χ3v) is 4.45. The third kappa shape index (κ3) is 2.97. The van der Waals surface area contributed by atoms with Gasteiger partial charge in [0.2, 0.25) is 0 Å². The van der Waals surface area contributed by atoms with Crippen molar-refractivity contribution in [1.29, 1.82) is 5.26 Å². The van der Waals surface area contributed by atoms with E-state index in [1.165, 1.54) is 6.20 Å². The van der Waals surface area contributed by atoms with Crippen LogP contribution in [0, 0.1) is 11.3 Å². The van der Waals surface area contributed by atoms with Crippen LogP contribution in [0.2, 0.25) is 0 Å². The summed E-state index contributed by atoms with van der Waals surface area (Å²) in [4.78, 5) is 31.5. The molecule has 3 heterocycles. The molecule has 2 fully saturated rings. The molecule has 2 saturated heterocycles. The molecule has 2 aliphatic rings. The number of nitriles is 1. The second kappa shape index (κ2) is 5.88. The van der Waals surface area contributed by atoms with E-state index >= 15 is 0 Å². The van der Waals surface area contributed by atoms with Crippen molar-refractivity contribution in [1.82, 2.24) is 14.8 Å². The summed E-state index contributed by atoms with van der Waals surface area (Å²) in [5, 5.41) is 8.76. The highest BCUT2D eigenvalue weighted by Crippen LogP contribution is 2.32. The highest BCUT2D eigenvalue weighted by molar-refractivity contribution is 5.94. The van der Waals surface area contributed by atoms with E-state index in [9.17, 15) is 9.59 Å². The van der Waals surface area contributed by atoms with Crippen molar-refractivity contribution in [2.45, 2.75) is 24.9 Å². The first-order chi connectivity index (χ1) is 11.0. The van der Waals surface area contributed by atoms with E-state index in [1.807, 2.05) is 6.07 Å². The van der Waals surface area contributed by atoms with Gasteiger partial charge >= 0.3 is 6.09 Å². The Kier molecular flexibility index (Phi) is 3.90. The average Bonchev–Trinajstić information content (AvgIpc) is 2.73. The van der Waals surface area contributed by atoms with Crippen LogP contribution in [-0.2, 0) is 4.74 Å². The number of ether oxygens (including phenoxy) is 1. The fraction of sp³-hybridized carbons (Fsp3) is 0.500. The lowest BCUT2D eigenvalue weighted by Crippen LogP contribution is -2.36. The number of aromatic nitrogens is 1. The van der Waals surface area contributed by atoms with Crippen molar-refractivity contribution in [3.63, 3.8) is 0 Å². The van der Waals surface area contributed by atoms with Crippen molar-refractivity contribution >= 4 is 12.0 Å². The first kappa shape index (κ1) is 15.3. The van der Waals surface area contributed by atoms with Crippen LogP contribution in [0.1, 0.15) is 35.3 Å². The van der Waals surface area contributed by atoms with Gasteiger partial charge in [-0.3, -0.25) is 4.79 Å². The number of nitrogens with zero attached hydrogens (tertiary/aromatic N) is 4. The highest BCUT2D eigenvalue weighted by Gasteiger charge is 2.44. The molecule has 0 aromatic carbocycles. The van der Waals surface area contributed by atoms with Gasteiger partial charge in [-0.15, -0.1) is 0 Å². The molecule has 0 unspecified atom stereocenters. The van der Waals surface area contributed by atoms with Gasteiger partial charge in [0, 0.05) is 32.8 Å². The molecular formula is C16H18N4O3. The monoisotopic (exact) mass is 314 g/mol. The molecule has 0 bridgehead atoms. The summed E-state index contributed by atoms with van der Waals surface area (Å²) in [6, 6.07) is 5.10. The zero-order valence-electron chi connectivity index (χ0n) is 13.0. The molecule has 1 aromatic heterocycles. The van der Waals surface area contributed by atoms with Crippen LogP contribution in [0.15, 0.2) is 18.3 Å². The number of likely N-dealkylation sites (N-methyl/N-ethyl adjacent to an activating group) is 1. The minimum absolute atomic E-state index is 0.100. The lowest BCUT2D eigenvalue weighted by atomic mass is 9.95. The van der Waals surface area contributed by atoms with Crippen molar-refractivity contribution < 1.29 is 14.3 Å². The summed E-state index contributed by atoms with van der Waals surface area (Å²) in [6.45, 7) is 1.74. The molecule has 3 rings (SSSR count). The van der Waals surface area contributed by atoms with Crippen LogP contribution in [0.25, 0.3) is 0 Å². The maximum absolute atomic E-state index is 12.6. The second-order valence-corrected chi connectivity index (χ2v) is 6.10. The molecule has 2 aliphatic heterocycles. The van der Waals surface area contributed by atoms with E-state index in [-0.39, 0.29) is 17.7 Å². The van der Waals surface area contributed by atoms with Crippen LogP contribution >= 0.6 is 0 Å². The first-order valence-electron chi connectivity index (χ1n) is 7.63. The first-order valence-corrected chi connectivity index (χ1v) is 7.63. The second-order valence-electron chi connectivity index (χ2n) is 6.10. The Morgan fingerprint density at radius 1 is 1.39 bits per heavy atom. The maximum atomic E-state index is 12.6. The van der Waals surface area contributed by atoms with E-state index in [0.29, 0.717) is 31.6 Å². The molecule has 7 heteroatoms.